The molecule has 3 amide bonds. The van der Waals surface area contributed by atoms with E-state index in [1.807, 2.05) is 0 Å². The van der Waals surface area contributed by atoms with E-state index in [1.54, 1.807) is 6.92 Å². The van der Waals surface area contributed by atoms with Crippen molar-refractivity contribution in [2.45, 2.75) is 25.4 Å². The van der Waals surface area contributed by atoms with Gasteiger partial charge in [0.25, 0.3) is 5.91 Å². The lowest BCUT2D eigenvalue weighted by atomic mass is 9.87. The van der Waals surface area contributed by atoms with Crippen molar-refractivity contribution in [2.24, 2.45) is 0 Å². The second-order valence-corrected chi connectivity index (χ2v) is 5.85. The molecule has 0 spiro atoms. The fourth-order valence-corrected chi connectivity index (χ4v) is 3.05. The number of amides is 3. The van der Waals surface area contributed by atoms with E-state index in [0.717, 1.165) is 4.90 Å². The third kappa shape index (κ3) is 2.73. The van der Waals surface area contributed by atoms with Crippen molar-refractivity contribution in [2.75, 3.05) is 7.11 Å². The summed E-state index contributed by atoms with van der Waals surface area (Å²) in [5.74, 6) is -1.68. The van der Waals surface area contributed by atoms with Crippen molar-refractivity contribution in [3.8, 4) is 0 Å². The molecule has 1 aromatic carbocycles. The number of urea groups is 1. The molecule has 3 rings (SSSR count). The number of carbonyl (C=O) groups excluding carboxylic acids is 3. The van der Waals surface area contributed by atoms with Gasteiger partial charge in [0.15, 0.2) is 0 Å². The first kappa shape index (κ1) is 17.7. The fourth-order valence-electron chi connectivity index (χ4n) is 3.05. The predicted octanol–water partition coefficient (Wildman–Crippen LogP) is 2.56. The van der Waals surface area contributed by atoms with Gasteiger partial charge in [-0.3, -0.25) is 9.69 Å². The van der Waals surface area contributed by atoms with Crippen LogP contribution in [0.2, 0.25) is 0 Å². The van der Waals surface area contributed by atoms with Gasteiger partial charge in [0.1, 0.15) is 11.4 Å². The third-order valence-corrected chi connectivity index (χ3v) is 4.49. The van der Waals surface area contributed by atoms with E-state index in [9.17, 15) is 18.8 Å². The summed E-state index contributed by atoms with van der Waals surface area (Å²) in [4.78, 5) is 38.2. The minimum Gasteiger partial charge on any atom is -0.463 e. The van der Waals surface area contributed by atoms with Crippen molar-refractivity contribution in [3.05, 3.63) is 59.3 Å². The van der Waals surface area contributed by atoms with Gasteiger partial charge in [-0.05, 0) is 30.2 Å². The van der Waals surface area contributed by atoms with Gasteiger partial charge in [0.2, 0.25) is 5.76 Å². The number of hydrogen-bond donors (Lipinski definition) is 1. The van der Waals surface area contributed by atoms with Crippen molar-refractivity contribution >= 4 is 17.9 Å². The van der Waals surface area contributed by atoms with Crippen LogP contribution >= 0.6 is 0 Å². The SMILES string of the molecule is CCC1(c2ccc(F)cc2)NC(=O)N(Cc2ccoc2C(=O)OC)C1=O. The van der Waals surface area contributed by atoms with Gasteiger partial charge >= 0.3 is 12.0 Å². The number of hydrogen-bond acceptors (Lipinski definition) is 5. The van der Waals surface area contributed by atoms with Gasteiger partial charge in [-0.25, -0.2) is 14.0 Å². The van der Waals surface area contributed by atoms with Crippen LogP contribution in [-0.4, -0.2) is 29.9 Å². The highest BCUT2D eigenvalue weighted by atomic mass is 19.1. The predicted molar refractivity (Wildman–Crippen MR) is 87.5 cm³/mol. The maximum absolute atomic E-state index is 13.2. The summed E-state index contributed by atoms with van der Waals surface area (Å²) in [7, 11) is 1.21. The monoisotopic (exact) mass is 360 g/mol. The van der Waals surface area contributed by atoms with Crippen LogP contribution in [0.4, 0.5) is 9.18 Å². The number of rotatable bonds is 5. The number of methoxy groups -OCH3 is 1. The molecule has 1 fully saturated rings. The minimum absolute atomic E-state index is 0.0659. The van der Waals surface area contributed by atoms with E-state index in [0.29, 0.717) is 11.1 Å². The van der Waals surface area contributed by atoms with E-state index in [-0.39, 0.29) is 18.7 Å². The Bertz CT molecular complexity index is 861. The number of nitrogens with zero attached hydrogens (tertiary/aromatic N) is 1. The fraction of sp³-hybridized carbons (Fsp3) is 0.278. The lowest BCUT2D eigenvalue weighted by Crippen LogP contribution is -2.43. The number of carbonyl (C=O) groups is 3. The summed E-state index contributed by atoms with van der Waals surface area (Å²) in [5.41, 5.74) is -0.436. The molecule has 1 unspecified atom stereocenters. The van der Waals surface area contributed by atoms with E-state index in [1.165, 1.54) is 43.7 Å². The van der Waals surface area contributed by atoms with Gasteiger partial charge < -0.3 is 14.5 Å². The Balaban J connectivity index is 1.92. The number of imide groups is 1. The molecule has 1 aromatic heterocycles. The molecule has 0 aliphatic carbocycles. The number of halogens is 1. The van der Waals surface area contributed by atoms with Gasteiger partial charge in [-0.1, -0.05) is 19.1 Å². The summed E-state index contributed by atoms with van der Waals surface area (Å²) < 4.78 is 22.9. The maximum atomic E-state index is 13.2. The second kappa shape index (κ2) is 6.62. The molecule has 2 aromatic rings. The van der Waals surface area contributed by atoms with Crippen LogP contribution in [0.1, 0.15) is 35.0 Å². The highest BCUT2D eigenvalue weighted by Crippen LogP contribution is 2.33. The zero-order valence-corrected chi connectivity index (χ0v) is 14.2. The number of nitrogens with one attached hydrogen (secondary N) is 1. The van der Waals surface area contributed by atoms with Crippen molar-refractivity contribution in [1.82, 2.24) is 10.2 Å². The van der Waals surface area contributed by atoms with Crippen LogP contribution in [0.25, 0.3) is 0 Å². The van der Waals surface area contributed by atoms with Crippen LogP contribution in [0.15, 0.2) is 41.0 Å². The van der Waals surface area contributed by atoms with E-state index < -0.39 is 29.3 Å². The lowest BCUT2D eigenvalue weighted by Gasteiger charge is -2.25. The Labute approximate surface area is 148 Å². The zero-order valence-electron chi connectivity index (χ0n) is 14.2. The molecule has 1 atom stereocenters. The van der Waals surface area contributed by atoms with E-state index in [4.69, 9.17) is 4.42 Å². The van der Waals surface area contributed by atoms with Crippen molar-refractivity contribution < 1.29 is 27.9 Å². The van der Waals surface area contributed by atoms with Crippen LogP contribution < -0.4 is 5.32 Å². The highest BCUT2D eigenvalue weighted by molar-refractivity contribution is 6.07. The molecular weight excluding hydrogens is 343 g/mol. The summed E-state index contributed by atoms with van der Waals surface area (Å²) >= 11 is 0. The molecule has 2 heterocycles. The van der Waals surface area contributed by atoms with Crippen LogP contribution in [0.3, 0.4) is 0 Å². The average Bonchev–Trinajstić information content (AvgIpc) is 3.20. The smallest absolute Gasteiger partial charge is 0.374 e. The van der Waals surface area contributed by atoms with Crippen molar-refractivity contribution in [3.63, 3.8) is 0 Å². The quantitative estimate of drug-likeness (QED) is 0.654. The molecule has 1 aliphatic rings. The Morgan fingerprint density at radius 1 is 1.27 bits per heavy atom. The summed E-state index contributed by atoms with van der Waals surface area (Å²) in [6.45, 7) is 1.61. The van der Waals surface area contributed by atoms with Gasteiger partial charge in [0, 0.05) is 5.56 Å². The largest absolute Gasteiger partial charge is 0.463 e. The highest BCUT2D eigenvalue weighted by Gasteiger charge is 2.51. The maximum Gasteiger partial charge on any atom is 0.374 e. The van der Waals surface area contributed by atoms with Crippen LogP contribution in [0, 0.1) is 5.82 Å². The summed E-state index contributed by atoms with van der Waals surface area (Å²) in [6.07, 6.45) is 1.57. The first-order valence-corrected chi connectivity index (χ1v) is 7.97. The summed E-state index contributed by atoms with van der Waals surface area (Å²) in [5, 5.41) is 2.70. The molecule has 8 heteroatoms. The molecule has 1 aliphatic heterocycles. The molecule has 7 nitrogen and oxygen atoms in total. The molecule has 0 saturated carbocycles. The van der Waals surface area contributed by atoms with E-state index in [2.05, 4.69) is 10.1 Å². The number of furan rings is 1. The van der Waals surface area contributed by atoms with Gasteiger partial charge in [-0.15, -0.1) is 0 Å². The summed E-state index contributed by atoms with van der Waals surface area (Å²) in [6, 6.07) is 6.31. The molecular formula is C18H17FN2O5. The number of ether oxygens (including phenoxy) is 1. The van der Waals surface area contributed by atoms with Crippen LogP contribution in [-0.2, 0) is 21.6 Å². The third-order valence-electron chi connectivity index (χ3n) is 4.49. The molecule has 0 bridgehead atoms. The Hall–Kier alpha value is -3.16. The van der Waals surface area contributed by atoms with Gasteiger partial charge in [-0.2, -0.15) is 0 Å². The van der Waals surface area contributed by atoms with Crippen molar-refractivity contribution in [1.29, 1.82) is 0 Å². The first-order chi connectivity index (χ1) is 12.4. The van der Waals surface area contributed by atoms with Gasteiger partial charge in [0.05, 0.1) is 19.9 Å². The molecule has 0 radical (unpaired) electrons. The topological polar surface area (TPSA) is 88.8 Å². The van der Waals surface area contributed by atoms with E-state index >= 15 is 0 Å². The second-order valence-electron chi connectivity index (χ2n) is 5.85. The average molecular weight is 360 g/mol. The Morgan fingerprint density at radius 2 is 1.96 bits per heavy atom. The van der Waals surface area contributed by atoms with Crippen LogP contribution in [0.5, 0.6) is 0 Å². The molecule has 26 heavy (non-hydrogen) atoms. The minimum atomic E-state index is -1.28. The number of benzene rings is 1. The normalized spacial score (nSPS) is 19.6. The molecule has 1 saturated heterocycles. The zero-order chi connectivity index (χ0) is 18.9. The lowest BCUT2D eigenvalue weighted by molar-refractivity contribution is -0.132. The standard InChI is InChI=1S/C18H17FN2O5/c1-3-18(12-4-6-13(19)7-5-12)16(23)21(17(24)20-18)10-11-8-9-26-14(11)15(22)25-2/h4-9H,3,10H2,1-2H3,(H,20,24). The first-order valence-electron chi connectivity index (χ1n) is 7.97. The molecule has 1 N–H and O–H groups in total. The number of esters is 1. The Kier molecular flexibility index (Phi) is 4.50. The Morgan fingerprint density at radius 3 is 2.58 bits per heavy atom. The molecule has 136 valence electrons.